The van der Waals surface area contributed by atoms with Gasteiger partial charge in [-0.1, -0.05) is 13.8 Å². The van der Waals surface area contributed by atoms with E-state index in [2.05, 4.69) is 9.97 Å². The van der Waals surface area contributed by atoms with Gasteiger partial charge in [-0.3, -0.25) is 0 Å². The first-order chi connectivity index (χ1) is 9.43. The molecule has 0 aliphatic carbocycles. The number of thiazole rings is 1. The highest BCUT2D eigenvalue weighted by atomic mass is 32.1. The van der Waals surface area contributed by atoms with Gasteiger partial charge in [-0.25, -0.2) is 14.8 Å². The SMILES string of the molecule is CCOC(=O)c1oc(-c2sc(C)nc2C)nc1C(C)C. The Balaban J connectivity index is 2.49. The molecule has 5 nitrogen and oxygen atoms in total. The highest BCUT2D eigenvalue weighted by Gasteiger charge is 2.25. The summed E-state index contributed by atoms with van der Waals surface area (Å²) in [6.45, 7) is 9.85. The van der Waals surface area contributed by atoms with Gasteiger partial charge in [0.15, 0.2) is 0 Å². The summed E-state index contributed by atoms with van der Waals surface area (Å²) in [7, 11) is 0. The number of oxazole rings is 1. The van der Waals surface area contributed by atoms with Gasteiger partial charge in [0.05, 0.1) is 23.0 Å². The number of hydrogen-bond acceptors (Lipinski definition) is 6. The molecule has 0 N–H and O–H groups in total. The van der Waals surface area contributed by atoms with Crippen LogP contribution in [0.1, 0.15) is 53.6 Å². The normalized spacial score (nSPS) is 11.1. The maximum Gasteiger partial charge on any atom is 0.376 e. The predicted octanol–water partition coefficient (Wildman–Crippen LogP) is 3.72. The highest BCUT2D eigenvalue weighted by Crippen LogP contribution is 2.32. The summed E-state index contributed by atoms with van der Waals surface area (Å²) in [4.78, 5) is 21.6. The molecule has 0 radical (unpaired) electrons. The Hall–Kier alpha value is -1.69. The quantitative estimate of drug-likeness (QED) is 0.804. The zero-order valence-corrected chi connectivity index (χ0v) is 13.1. The van der Waals surface area contributed by atoms with Crippen LogP contribution >= 0.6 is 11.3 Å². The van der Waals surface area contributed by atoms with E-state index in [0.29, 0.717) is 18.2 Å². The van der Waals surface area contributed by atoms with E-state index < -0.39 is 5.97 Å². The maximum absolute atomic E-state index is 11.9. The van der Waals surface area contributed by atoms with Crippen LogP contribution in [0.5, 0.6) is 0 Å². The van der Waals surface area contributed by atoms with Crippen LogP contribution in [-0.4, -0.2) is 22.5 Å². The summed E-state index contributed by atoms with van der Waals surface area (Å²) in [5.41, 5.74) is 1.49. The molecule has 0 amide bonds. The van der Waals surface area contributed by atoms with E-state index >= 15 is 0 Å². The molecular weight excluding hydrogens is 276 g/mol. The Kier molecular flexibility index (Phi) is 4.23. The van der Waals surface area contributed by atoms with Crippen LogP contribution in [0.3, 0.4) is 0 Å². The molecule has 0 aliphatic rings. The van der Waals surface area contributed by atoms with Gasteiger partial charge in [-0.15, -0.1) is 11.3 Å². The van der Waals surface area contributed by atoms with Gasteiger partial charge >= 0.3 is 5.97 Å². The van der Waals surface area contributed by atoms with Gasteiger partial charge in [0, 0.05) is 0 Å². The Bertz CT molecular complexity index is 628. The monoisotopic (exact) mass is 294 g/mol. The van der Waals surface area contributed by atoms with Crippen molar-refractivity contribution in [2.24, 2.45) is 0 Å². The number of ether oxygens (including phenoxy) is 1. The number of esters is 1. The van der Waals surface area contributed by atoms with Crippen molar-refractivity contribution in [2.75, 3.05) is 6.61 Å². The summed E-state index contributed by atoms with van der Waals surface area (Å²) < 4.78 is 10.7. The zero-order chi connectivity index (χ0) is 14.9. The average Bonchev–Trinajstić information content (AvgIpc) is 2.93. The van der Waals surface area contributed by atoms with Gasteiger partial charge in [-0.05, 0) is 26.7 Å². The fourth-order valence-corrected chi connectivity index (χ4v) is 2.74. The number of hydrogen-bond donors (Lipinski definition) is 0. The van der Waals surface area contributed by atoms with E-state index in [1.54, 1.807) is 6.92 Å². The minimum absolute atomic E-state index is 0.0845. The smallest absolute Gasteiger partial charge is 0.376 e. The van der Waals surface area contributed by atoms with Crippen molar-refractivity contribution < 1.29 is 13.9 Å². The summed E-state index contributed by atoms with van der Waals surface area (Å²) in [5, 5.41) is 0.944. The van der Waals surface area contributed by atoms with Crippen LogP contribution in [0.4, 0.5) is 0 Å². The fourth-order valence-electron chi connectivity index (χ4n) is 1.89. The van der Waals surface area contributed by atoms with E-state index in [0.717, 1.165) is 15.6 Å². The van der Waals surface area contributed by atoms with Crippen LogP contribution in [-0.2, 0) is 4.74 Å². The molecule has 0 bridgehead atoms. The first-order valence-electron chi connectivity index (χ1n) is 6.56. The summed E-state index contributed by atoms with van der Waals surface area (Å²) in [6, 6.07) is 0. The highest BCUT2D eigenvalue weighted by molar-refractivity contribution is 7.15. The summed E-state index contributed by atoms with van der Waals surface area (Å²) >= 11 is 1.51. The van der Waals surface area contributed by atoms with Crippen LogP contribution < -0.4 is 0 Å². The van der Waals surface area contributed by atoms with E-state index in [9.17, 15) is 4.79 Å². The molecule has 0 saturated carbocycles. The molecule has 2 aromatic rings. The Labute approximate surface area is 122 Å². The van der Waals surface area contributed by atoms with Crippen molar-refractivity contribution in [1.29, 1.82) is 0 Å². The van der Waals surface area contributed by atoms with Gasteiger partial charge in [0.25, 0.3) is 0 Å². The molecule has 0 atom stereocenters. The van der Waals surface area contributed by atoms with E-state index in [1.165, 1.54) is 11.3 Å². The molecular formula is C14H18N2O3S. The van der Waals surface area contributed by atoms with Crippen molar-refractivity contribution in [3.8, 4) is 10.8 Å². The lowest BCUT2D eigenvalue weighted by Gasteiger charge is -2.02. The Morgan fingerprint density at radius 3 is 2.55 bits per heavy atom. The van der Waals surface area contributed by atoms with E-state index in [4.69, 9.17) is 9.15 Å². The third-order valence-electron chi connectivity index (χ3n) is 2.76. The van der Waals surface area contributed by atoms with Crippen LogP contribution in [0.2, 0.25) is 0 Å². The average molecular weight is 294 g/mol. The number of nitrogens with zero attached hydrogens (tertiary/aromatic N) is 2. The topological polar surface area (TPSA) is 65.2 Å². The molecule has 0 aromatic carbocycles. The number of aromatic nitrogens is 2. The molecule has 0 saturated heterocycles. The molecule has 0 unspecified atom stereocenters. The molecule has 108 valence electrons. The second-order valence-corrected chi connectivity index (χ2v) is 5.96. The van der Waals surface area contributed by atoms with Crippen molar-refractivity contribution in [2.45, 2.75) is 40.5 Å². The fraction of sp³-hybridized carbons (Fsp3) is 0.500. The van der Waals surface area contributed by atoms with Crippen molar-refractivity contribution in [3.63, 3.8) is 0 Å². The second kappa shape index (κ2) is 5.75. The Morgan fingerprint density at radius 2 is 2.05 bits per heavy atom. The number of carbonyl (C=O) groups is 1. The number of rotatable bonds is 4. The van der Waals surface area contributed by atoms with E-state index in [-0.39, 0.29) is 11.7 Å². The number of aryl methyl sites for hydroxylation is 2. The van der Waals surface area contributed by atoms with Gasteiger partial charge in [0.2, 0.25) is 11.7 Å². The minimum Gasteiger partial charge on any atom is -0.460 e. The zero-order valence-electron chi connectivity index (χ0n) is 12.3. The van der Waals surface area contributed by atoms with Crippen molar-refractivity contribution in [3.05, 3.63) is 22.2 Å². The lowest BCUT2D eigenvalue weighted by molar-refractivity contribution is 0.0488. The van der Waals surface area contributed by atoms with Crippen molar-refractivity contribution >= 4 is 17.3 Å². The van der Waals surface area contributed by atoms with Crippen molar-refractivity contribution in [1.82, 2.24) is 9.97 Å². The van der Waals surface area contributed by atoms with Gasteiger partial charge in [0.1, 0.15) is 4.88 Å². The summed E-state index contributed by atoms with van der Waals surface area (Å²) in [5.74, 6) is 0.261. The largest absolute Gasteiger partial charge is 0.460 e. The standard InChI is InChI=1S/C14H18N2O3S/c1-6-18-14(17)11-10(7(2)3)16-13(19-11)12-8(4)15-9(5)20-12/h7H,6H2,1-5H3. The van der Waals surface area contributed by atoms with Crippen LogP contribution in [0.15, 0.2) is 4.42 Å². The predicted molar refractivity (Wildman–Crippen MR) is 77.1 cm³/mol. The molecule has 2 heterocycles. The lowest BCUT2D eigenvalue weighted by Crippen LogP contribution is -2.07. The van der Waals surface area contributed by atoms with Gasteiger partial charge < -0.3 is 9.15 Å². The molecule has 20 heavy (non-hydrogen) atoms. The molecule has 2 aromatic heterocycles. The minimum atomic E-state index is -0.464. The van der Waals surface area contributed by atoms with Crippen LogP contribution in [0, 0.1) is 13.8 Å². The second-order valence-electron chi connectivity index (χ2n) is 4.76. The maximum atomic E-state index is 11.9. The Morgan fingerprint density at radius 1 is 1.35 bits per heavy atom. The first-order valence-corrected chi connectivity index (χ1v) is 7.37. The number of carbonyl (C=O) groups excluding carboxylic acids is 1. The first kappa shape index (κ1) is 14.7. The van der Waals surface area contributed by atoms with E-state index in [1.807, 2.05) is 27.7 Å². The molecule has 0 fully saturated rings. The lowest BCUT2D eigenvalue weighted by atomic mass is 10.1. The molecule has 6 heteroatoms. The molecule has 2 rings (SSSR count). The molecule has 0 aliphatic heterocycles. The third kappa shape index (κ3) is 2.75. The molecule has 0 spiro atoms. The van der Waals surface area contributed by atoms with Gasteiger partial charge in [-0.2, -0.15) is 0 Å². The summed E-state index contributed by atoms with van der Waals surface area (Å²) in [6.07, 6.45) is 0. The third-order valence-corrected chi connectivity index (χ3v) is 3.82. The van der Waals surface area contributed by atoms with Crippen LogP contribution in [0.25, 0.3) is 10.8 Å².